The van der Waals surface area contributed by atoms with E-state index in [0.717, 1.165) is 19.6 Å². The van der Waals surface area contributed by atoms with Crippen LogP contribution in [0, 0.1) is 0 Å². The van der Waals surface area contributed by atoms with Gasteiger partial charge in [0.1, 0.15) is 12.4 Å². The lowest BCUT2D eigenvalue weighted by molar-refractivity contribution is -0.679. The van der Waals surface area contributed by atoms with Gasteiger partial charge in [0.15, 0.2) is 0 Å². The molecule has 1 aromatic rings. The van der Waals surface area contributed by atoms with Crippen LogP contribution in [-0.2, 0) is 34.2 Å². The summed E-state index contributed by atoms with van der Waals surface area (Å²) in [5.74, 6) is 1.29. The molecule has 0 saturated heterocycles. The fourth-order valence-corrected chi connectivity index (χ4v) is 1.79. The molecular formula is C13H25N2O3+. The predicted octanol–water partition coefficient (Wildman–Crippen LogP) is 0.555. The van der Waals surface area contributed by atoms with Gasteiger partial charge in [-0.2, -0.15) is 0 Å². The highest BCUT2D eigenvalue weighted by Crippen LogP contribution is 1.96. The zero-order chi connectivity index (χ0) is 13.2. The van der Waals surface area contributed by atoms with Crippen LogP contribution < -0.4 is 4.57 Å². The SMILES string of the molecule is CCn1cc[n+](C)c1CCOCCOCCOC. The second-order valence-electron chi connectivity index (χ2n) is 4.08. The van der Waals surface area contributed by atoms with Crippen molar-refractivity contribution in [1.82, 2.24) is 4.57 Å². The number of nitrogens with zero attached hydrogens (tertiary/aromatic N) is 2. The number of aromatic nitrogens is 2. The van der Waals surface area contributed by atoms with E-state index in [1.807, 2.05) is 0 Å². The third-order valence-electron chi connectivity index (χ3n) is 2.82. The molecule has 0 unspecified atom stereocenters. The molecule has 5 heteroatoms. The number of aryl methyl sites for hydroxylation is 2. The molecule has 104 valence electrons. The third-order valence-corrected chi connectivity index (χ3v) is 2.82. The van der Waals surface area contributed by atoms with Crippen molar-refractivity contribution < 1.29 is 18.8 Å². The van der Waals surface area contributed by atoms with Gasteiger partial charge in [0, 0.05) is 7.11 Å². The minimum Gasteiger partial charge on any atom is -0.382 e. The van der Waals surface area contributed by atoms with Gasteiger partial charge in [-0.15, -0.1) is 0 Å². The quantitative estimate of drug-likeness (QED) is 0.454. The standard InChI is InChI=1S/C13H25N2O3/c1-4-15-7-6-14(2)13(15)5-8-17-11-12-18-10-9-16-3/h6-7H,4-5,8-12H2,1-3H3/q+1. The minimum absolute atomic E-state index is 0.629. The van der Waals surface area contributed by atoms with Gasteiger partial charge in [-0.1, -0.05) is 0 Å². The molecule has 0 saturated carbocycles. The Morgan fingerprint density at radius 1 is 1.11 bits per heavy atom. The van der Waals surface area contributed by atoms with Crippen molar-refractivity contribution in [2.45, 2.75) is 19.9 Å². The molecule has 0 aliphatic heterocycles. The smallest absolute Gasteiger partial charge is 0.258 e. The van der Waals surface area contributed by atoms with E-state index >= 15 is 0 Å². The van der Waals surface area contributed by atoms with Crippen molar-refractivity contribution in [2.24, 2.45) is 7.05 Å². The lowest BCUT2D eigenvalue weighted by atomic mass is 10.4. The first-order chi connectivity index (χ1) is 8.79. The predicted molar refractivity (Wildman–Crippen MR) is 68.5 cm³/mol. The molecule has 1 heterocycles. The highest BCUT2D eigenvalue weighted by Gasteiger charge is 2.12. The molecule has 0 amide bonds. The van der Waals surface area contributed by atoms with Crippen LogP contribution in [0.15, 0.2) is 12.4 Å². The fourth-order valence-electron chi connectivity index (χ4n) is 1.79. The van der Waals surface area contributed by atoms with Crippen molar-refractivity contribution >= 4 is 0 Å². The zero-order valence-corrected chi connectivity index (χ0v) is 11.7. The van der Waals surface area contributed by atoms with Crippen LogP contribution >= 0.6 is 0 Å². The number of methoxy groups -OCH3 is 1. The Bertz CT molecular complexity index is 326. The summed E-state index contributed by atoms with van der Waals surface area (Å²) in [6, 6.07) is 0. The summed E-state index contributed by atoms with van der Waals surface area (Å²) in [5.41, 5.74) is 0. The van der Waals surface area contributed by atoms with Crippen LogP contribution in [0.25, 0.3) is 0 Å². The topological polar surface area (TPSA) is 36.5 Å². The van der Waals surface area contributed by atoms with Crippen LogP contribution in [0.1, 0.15) is 12.7 Å². The van der Waals surface area contributed by atoms with Crippen LogP contribution in [0.5, 0.6) is 0 Å². The molecular weight excluding hydrogens is 232 g/mol. The van der Waals surface area contributed by atoms with Gasteiger partial charge in [0.25, 0.3) is 5.82 Å². The highest BCUT2D eigenvalue weighted by atomic mass is 16.5. The summed E-state index contributed by atoms with van der Waals surface area (Å²) in [6.07, 6.45) is 5.10. The lowest BCUT2D eigenvalue weighted by Gasteiger charge is -2.05. The summed E-state index contributed by atoms with van der Waals surface area (Å²) < 4.78 is 20.1. The molecule has 5 nitrogen and oxygen atoms in total. The van der Waals surface area contributed by atoms with Crippen LogP contribution in [-0.4, -0.2) is 44.7 Å². The Morgan fingerprint density at radius 2 is 1.78 bits per heavy atom. The molecule has 0 N–H and O–H groups in total. The van der Waals surface area contributed by atoms with Gasteiger partial charge in [-0.05, 0) is 6.92 Å². The van der Waals surface area contributed by atoms with Crippen molar-refractivity contribution in [1.29, 1.82) is 0 Å². The van der Waals surface area contributed by atoms with Gasteiger partial charge in [0.05, 0.1) is 53.0 Å². The van der Waals surface area contributed by atoms with E-state index in [4.69, 9.17) is 14.2 Å². The molecule has 0 aliphatic carbocycles. The van der Waals surface area contributed by atoms with E-state index in [2.05, 4.69) is 35.5 Å². The number of hydrogen-bond donors (Lipinski definition) is 0. The minimum atomic E-state index is 0.629. The average molecular weight is 257 g/mol. The molecule has 0 fully saturated rings. The first-order valence-electron chi connectivity index (χ1n) is 6.47. The molecule has 1 rings (SSSR count). The van der Waals surface area contributed by atoms with E-state index < -0.39 is 0 Å². The Balaban J connectivity index is 2.08. The maximum absolute atomic E-state index is 5.55. The van der Waals surface area contributed by atoms with Gasteiger partial charge in [-0.3, -0.25) is 0 Å². The summed E-state index contributed by atoms with van der Waals surface area (Å²) >= 11 is 0. The summed E-state index contributed by atoms with van der Waals surface area (Å²) in [4.78, 5) is 0. The maximum atomic E-state index is 5.55. The van der Waals surface area contributed by atoms with E-state index in [1.165, 1.54) is 5.82 Å². The van der Waals surface area contributed by atoms with E-state index in [1.54, 1.807) is 7.11 Å². The average Bonchev–Trinajstić information content (AvgIpc) is 2.73. The zero-order valence-electron chi connectivity index (χ0n) is 11.7. The highest BCUT2D eigenvalue weighted by molar-refractivity contribution is 4.83. The lowest BCUT2D eigenvalue weighted by Crippen LogP contribution is -2.33. The van der Waals surface area contributed by atoms with Crippen LogP contribution in [0.4, 0.5) is 0 Å². The summed E-state index contributed by atoms with van der Waals surface area (Å²) in [5, 5.41) is 0. The van der Waals surface area contributed by atoms with E-state index in [-0.39, 0.29) is 0 Å². The second-order valence-corrected chi connectivity index (χ2v) is 4.08. The first kappa shape index (κ1) is 15.1. The van der Waals surface area contributed by atoms with Crippen molar-refractivity contribution in [3.63, 3.8) is 0 Å². The Hall–Kier alpha value is -0.910. The summed E-state index contributed by atoms with van der Waals surface area (Å²) in [6.45, 7) is 6.41. The number of hydrogen-bond acceptors (Lipinski definition) is 3. The van der Waals surface area contributed by atoms with Gasteiger partial charge in [-0.25, -0.2) is 9.13 Å². The van der Waals surface area contributed by atoms with Crippen molar-refractivity contribution in [3.05, 3.63) is 18.2 Å². The third kappa shape index (κ3) is 5.16. The monoisotopic (exact) mass is 257 g/mol. The molecule has 0 aliphatic rings. The van der Waals surface area contributed by atoms with E-state index in [0.29, 0.717) is 26.4 Å². The molecule has 0 bridgehead atoms. The molecule has 0 aromatic carbocycles. The Morgan fingerprint density at radius 3 is 2.44 bits per heavy atom. The van der Waals surface area contributed by atoms with Crippen LogP contribution in [0.2, 0.25) is 0 Å². The molecule has 18 heavy (non-hydrogen) atoms. The van der Waals surface area contributed by atoms with Crippen LogP contribution in [0.3, 0.4) is 0 Å². The van der Waals surface area contributed by atoms with Gasteiger partial charge in [0.2, 0.25) is 0 Å². The Labute approximate surface area is 109 Å². The largest absolute Gasteiger partial charge is 0.382 e. The normalized spacial score (nSPS) is 11.1. The van der Waals surface area contributed by atoms with Gasteiger partial charge >= 0.3 is 0 Å². The van der Waals surface area contributed by atoms with Gasteiger partial charge < -0.3 is 14.2 Å². The molecule has 1 aromatic heterocycles. The van der Waals surface area contributed by atoms with Crippen molar-refractivity contribution in [2.75, 3.05) is 40.1 Å². The van der Waals surface area contributed by atoms with Crippen molar-refractivity contribution in [3.8, 4) is 0 Å². The first-order valence-corrected chi connectivity index (χ1v) is 6.47. The maximum Gasteiger partial charge on any atom is 0.258 e. The molecule has 0 radical (unpaired) electrons. The Kier molecular flexibility index (Phi) is 7.64. The number of rotatable bonds is 10. The summed E-state index contributed by atoms with van der Waals surface area (Å²) in [7, 11) is 3.73. The number of imidazole rings is 1. The number of ether oxygens (including phenoxy) is 3. The fraction of sp³-hybridized carbons (Fsp3) is 0.769. The molecule has 0 atom stereocenters. The second kappa shape index (κ2) is 9.08. The van der Waals surface area contributed by atoms with E-state index in [9.17, 15) is 0 Å². The molecule has 0 spiro atoms.